The average Bonchev–Trinajstić information content (AvgIpc) is 2.77. The molecular formula is C26H33NO5. The topological polar surface area (TPSA) is 104 Å². The third-order valence-corrected chi connectivity index (χ3v) is 5.39. The number of nitrogens with one attached hydrogen (secondary N) is 1. The number of carboxylic acids is 1. The maximum Gasteiger partial charge on any atom is 0.307 e. The first-order chi connectivity index (χ1) is 15.3. The van der Waals surface area contributed by atoms with Crippen LogP contribution in [-0.2, 0) is 27.2 Å². The number of aliphatic hydroxyl groups excluding tert-OH is 1. The van der Waals surface area contributed by atoms with Gasteiger partial charge in [-0.3, -0.25) is 14.4 Å². The van der Waals surface area contributed by atoms with E-state index in [9.17, 15) is 24.6 Å². The third-order valence-electron chi connectivity index (χ3n) is 5.39. The normalized spacial score (nSPS) is 13.9. The van der Waals surface area contributed by atoms with E-state index in [0.29, 0.717) is 12.8 Å². The number of benzene rings is 2. The van der Waals surface area contributed by atoms with Crippen molar-refractivity contribution in [1.29, 1.82) is 0 Å². The molecule has 6 nitrogen and oxygen atoms in total. The molecule has 0 aliphatic rings. The summed E-state index contributed by atoms with van der Waals surface area (Å²) in [6, 6.07) is 17.9. The minimum atomic E-state index is -1.24. The second kappa shape index (κ2) is 12.8. The van der Waals surface area contributed by atoms with Crippen molar-refractivity contribution >= 4 is 17.7 Å². The molecule has 3 N–H and O–H groups in total. The van der Waals surface area contributed by atoms with Gasteiger partial charge in [-0.2, -0.15) is 0 Å². The smallest absolute Gasteiger partial charge is 0.307 e. The monoisotopic (exact) mass is 439 g/mol. The van der Waals surface area contributed by atoms with Gasteiger partial charge in [0.1, 0.15) is 6.10 Å². The number of carbonyl (C=O) groups excluding carboxylic acids is 2. The minimum absolute atomic E-state index is 0.114. The summed E-state index contributed by atoms with van der Waals surface area (Å²) in [5.41, 5.74) is 1.85. The molecule has 0 aliphatic carbocycles. The van der Waals surface area contributed by atoms with Crippen LogP contribution in [0.4, 0.5) is 0 Å². The van der Waals surface area contributed by atoms with Gasteiger partial charge in [-0.25, -0.2) is 0 Å². The van der Waals surface area contributed by atoms with Crippen LogP contribution >= 0.6 is 0 Å². The van der Waals surface area contributed by atoms with Crippen LogP contribution in [0.3, 0.4) is 0 Å². The molecule has 0 aromatic heterocycles. The fraction of sp³-hybridized carbons (Fsp3) is 0.423. The summed E-state index contributed by atoms with van der Waals surface area (Å²) in [6.07, 6.45) is -0.0162. The van der Waals surface area contributed by atoms with Gasteiger partial charge in [0, 0.05) is 6.42 Å². The lowest BCUT2D eigenvalue weighted by molar-refractivity contribution is -0.144. The lowest BCUT2D eigenvalue weighted by Crippen LogP contribution is -2.47. The van der Waals surface area contributed by atoms with Gasteiger partial charge in [-0.15, -0.1) is 0 Å². The predicted molar refractivity (Wildman–Crippen MR) is 123 cm³/mol. The summed E-state index contributed by atoms with van der Waals surface area (Å²) < 4.78 is 0. The Balaban J connectivity index is 1.99. The molecular weight excluding hydrogens is 406 g/mol. The van der Waals surface area contributed by atoms with Gasteiger partial charge in [0.15, 0.2) is 5.78 Å². The van der Waals surface area contributed by atoms with Crippen molar-refractivity contribution in [3.05, 3.63) is 71.8 Å². The van der Waals surface area contributed by atoms with Gasteiger partial charge in [0.05, 0.1) is 12.0 Å². The molecule has 2 aromatic rings. The Kier molecular flexibility index (Phi) is 10.1. The van der Waals surface area contributed by atoms with Crippen LogP contribution in [0.15, 0.2) is 60.7 Å². The van der Waals surface area contributed by atoms with Gasteiger partial charge in [-0.05, 0) is 42.7 Å². The number of hydrogen-bond donors (Lipinski definition) is 3. The number of rotatable bonds is 13. The van der Waals surface area contributed by atoms with E-state index in [1.165, 1.54) is 0 Å². The Morgan fingerprint density at radius 2 is 1.47 bits per heavy atom. The van der Waals surface area contributed by atoms with Crippen molar-refractivity contribution in [2.75, 3.05) is 0 Å². The number of carboxylic acid groups (broad SMARTS) is 1. The van der Waals surface area contributed by atoms with Crippen LogP contribution in [0.25, 0.3) is 0 Å². The molecule has 0 fully saturated rings. The summed E-state index contributed by atoms with van der Waals surface area (Å²) in [5.74, 6) is -2.73. The van der Waals surface area contributed by atoms with E-state index in [0.717, 1.165) is 11.1 Å². The Labute approximate surface area is 189 Å². The molecule has 0 saturated heterocycles. The number of amides is 1. The van der Waals surface area contributed by atoms with Gasteiger partial charge >= 0.3 is 5.97 Å². The summed E-state index contributed by atoms with van der Waals surface area (Å²) >= 11 is 0. The van der Waals surface area contributed by atoms with Crippen molar-refractivity contribution in [2.45, 2.75) is 58.1 Å². The van der Waals surface area contributed by atoms with E-state index in [1.54, 1.807) is 0 Å². The molecule has 0 heterocycles. The van der Waals surface area contributed by atoms with Gasteiger partial charge < -0.3 is 15.5 Å². The predicted octanol–water partition coefficient (Wildman–Crippen LogP) is 3.41. The first-order valence-electron chi connectivity index (χ1n) is 11.1. The first kappa shape index (κ1) is 25.3. The molecule has 0 unspecified atom stereocenters. The lowest BCUT2D eigenvalue weighted by Gasteiger charge is -2.23. The maximum absolute atomic E-state index is 13.0. The van der Waals surface area contributed by atoms with Gasteiger partial charge in [0.25, 0.3) is 0 Å². The second-order valence-corrected chi connectivity index (χ2v) is 8.63. The van der Waals surface area contributed by atoms with Crippen LogP contribution < -0.4 is 5.32 Å². The highest BCUT2D eigenvalue weighted by Gasteiger charge is 2.29. The van der Waals surface area contributed by atoms with E-state index in [-0.39, 0.29) is 31.0 Å². The van der Waals surface area contributed by atoms with Crippen molar-refractivity contribution < 1.29 is 24.6 Å². The third kappa shape index (κ3) is 8.63. The fourth-order valence-corrected chi connectivity index (χ4v) is 3.62. The summed E-state index contributed by atoms with van der Waals surface area (Å²) in [6.45, 7) is 3.85. The number of aliphatic carboxylic acids is 1. The molecule has 32 heavy (non-hydrogen) atoms. The number of aryl methyl sites for hydroxylation is 1. The molecule has 0 aliphatic heterocycles. The Morgan fingerprint density at radius 3 is 2.00 bits per heavy atom. The molecule has 0 radical (unpaired) electrons. The quantitative estimate of drug-likeness (QED) is 0.444. The zero-order chi connectivity index (χ0) is 23.5. The van der Waals surface area contributed by atoms with Crippen LogP contribution in [0.2, 0.25) is 0 Å². The van der Waals surface area contributed by atoms with Gasteiger partial charge in [0.2, 0.25) is 5.91 Å². The SMILES string of the molecule is CC(C)C[C@H](NC(=O)[C@@H](O)CCc1ccccc1)C(=O)C[C@@H](Cc1ccccc1)C(=O)O. The summed E-state index contributed by atoms with van der Waals surface area (Å²) in [7, 11) is 0. The largest absolute Gasteiger partial charge is 0.481 e. The number of hydrogen-bond acceptors (Lipinski definition) is 4. The minimum Gasteiger partial charge on any atom is -0.481 e. The molecule has 2 aromatic carbocycles. The summed E-state index contributed by atoms with van der Waals surface area (Å²) in [5, 5.41) is 22.6. The van der Waals surface area contributed by atoms with Crippen LogP contribution in [-0.4, -0.2) is 40.0 Å². The Hall–Kier alpha value is -2.99. The van der Waals surface area contributed by atoms with Gasteiger partial charge in [-0.1, -0.05) is 74.5 Å². The highest BCUT2D eigenvalue weighted by atomic mass is 16.4. The molecule has 1 amide bonds. The Bertz CT molecular complexity index is 866. The maximum atomic E-state index is 13.0. The molecule has 172 valence electrons. The molecule has 0 saturated carbocycles. The highest BCUT2D eigenvalue weighted by molar-refractivity contribution is 5.92. The van der Waals surface area contributed by atoms with E-state index in [1.807, 2.05) is 74.5 Å². The molecule has 0 bridgehead atoms. The standard InChI is InChI=1S/C26H33NO5/c1-18(2)15-22(27-25(30)23(28)14-13-19-9-5-3-6-10-19)24(29)17-21(26(31)32)16-20-11-7-4-8-12-20/h3-12,18,21-23,28H,13-17H2,1-2H3,(H,27,30)(H,31,32)/t21-,22+,23+/m1/s1. The van der Waals surface area contributed by atoms with Crippen molar-refractivity contribution in [2.24, 2.45) is 11.8 Å². The number of ketones is 1. The van der Waals surface area contributed by atoms with E-state index in [2.05, 4.69) is 5.32 Å². The molecule has 2 rings (SSSR count). The molecule has 0 spiro atoms. The number of Topliss-reactive ketones (excluding diaryl/α,β-unsaturated/α-hetero) is 1. The van der Waals surface area contributed by atoms with Crippen LogP contribution in [0.5, 0.6) is 0 Å². The van der Waals surface area contributed by atoms with E-state index in [4.69, 9.17) is 0 Å². The number of carbonyl (C=O) groups is 3. The van der Waals surface area contributed by atoms with Crippen molar-refractivity contribution in [1.82, 2.24) is 5.32 Å². The van der Waals surface area contributed by atoms with Crippen LogP contribution in [0, 0.1) is 11.8 Å². The van der Waals surface area contributed by atoms with E-state index >= 15 is 0 Å². The lowest BCUT2D eigenvalue weighted by atomic mass is 9.89. The van der Waals surface area contributed by atoms with Crippen LogP contribution in [0.1, 0.15) is 44.2 Å². The molecule has 6 heteroatoms. The second-order valence-electron chi connectivity index (χ2n) is 8.63. The zero-order valence-corrected chi connectivity index (χ0v) is 18.7. The first-order valence-corrected chi connectivity index (χ1v) is 11.1. The van der Waals surface area contributed by atoms with Crippen molar-refractivity contribution in [3.63, 3.8) is 0 Å². The Morgan fingerprint density at radius 1 is 0.906 bits per heavy atom. The average molecular weight is 440 g/mol. The zero-order valence-electron chi connectivity index (χ0n) is 18.7. The summed E-state index contributed by atoms with van der Waals surface area (Å²) in [4.78, 5) is 37.3. The number of aliphatic hydroxyl groups is 1. The highest BCUT2D eigenvalue weighted by Crippen LogP contribution is 2.17. The van der Waals surface area contributed by atoms with Crippen molar-refractivity contribution in [3.8, 4) is 0 Å². The van der Waals surface area contributed by atoms with E-state index < -0.39 is 29.9 Å². The fourth-order valence-electron chi connectivity index (χ4n) is 3.62. The molecule has 3 atom stereocenters.